The monoisotopic (exact) mass is 485 g/mol. The first-order valence-electron chi connectivity index (χ1n) is 10.00. The molecule has 0 aliphatic heterocycles. The predicted octanol–water partition coefficient (Wildman–Crippen LogP) is 5.28. The number of aryl methyl sites for hydroxylation is 2. The predicted molar refractivity (Wildman–Crippen MR) is 120 cm³/mol. The highest BCUT2D eigenvalue weighted by atomic mass is 32.2. The molecule has 0 aliphatic rings. The van der Waals surface area contributed by atoms with E-state index in [1.54, 1.807) is 42.8 Å². The fourth-order valence-corrected chi connectivity index (χ4v) is 4.58. The molecule has 5 rings (SSSR count). The Kier molecular flexibility index (Phi) is 5.16. The van der Waals surface area contributed by atoms with Crippen molar-refractivity contribution >= 4 is 33.8 Å². The van der Waals surface area contributed by atoms with E-state index in [0.29, 0.717) is 32.3 Å². The van der Waals surface area contributed by atoms with Gasteiger partial charge in [0.2, 0.25) is 0 Å². The van der Waals surface area contributed by atoms with Gasteiger partial charge in [-0.3, -0.25) is 14.3 Å². The van der Waals surface area contributed by atoms with Crippen LogP contribution in [0.4, 0.5) is 17.6 Å². The zero-order chi connectivity index (χ0) is 24.2. The summed E-state index contributed by atoms with van der Waals surface area (Å²) in [4.78, 5) is 26.8. The van der Waals surface area contributed by atoms with Gasteiger partial charge in [0.1, 0.15) is 17.2 Å². The second kappa shape index (κ2) is 7.94. The molecular formula is C23H15F4N5OS. The Morgan fingerprint density at radius 3 is 2.41 bits per heavy atom. The van der Waals surface area contributed by atoms with E-state index >= 15 is 0 Å². The maximum Gasteiger partial charge on any atom is 0.433 e. The van der Waals surface area contributed by atoms with Crippen molar-refractivity contribution in [3.8, 4) is 5.69 Å². The van der Waals surface area contributed by atoms with Gasteiger partial charge in [0.15, 0.2) is 10.7 Å². The lowest BCUT2D eigenvalue weighted by molar-refractivity contribution is -0.141. The van der Waals surface area contributed by atoms with Gasteiger partial charge in [0.25, 0.3) is 5.56 Å². The molecule has 4 heterocycles. The number of halogens is 4. The van der Waals surface area contributed by atoms with Gasteiger partial charge in [-0.2, -0.15) is 13.2 Å². The van der Waals surface area contributed by atoms with E-state index in [1.807, 2.05) is 0 Å². The van der Waals surface area contributed by atoms with Gasteiger partial charge in [-0.15, -0.1) is 0 Å². The van der Waals surface area contributed by atoms with Gasteiger partial charge in [0.05, 0.1) is 16.9 Å². The summed E-state index contributed by atoms with van der Waals surface area (Å²) >= 11 is 1.20. The van der Waals surface area contributed by atoms with Crippen LogP contribution in [0.5, 0.6) is 0 Å². The summed E-state index contributed by atoms with van der Waals surface area (Å²) in [6.45, 7) is 1.65. The van der Waals surface area contributed by atoms with Crippen molar-refractivity contribution in [2.45, 2.75) is 23.2 Å². The van der Waals surface area contributed by atoms with E-state index in [4.69, 9.17) is 0 Å². The van der Waals surface area contributed by atoms with Gasteiger partial charge >= 0.3 is 6.18 Å². The number of nitrogens with zero attached hydrogens (tertiary/aromatic N) is 5. The van der Waals surface area contributed by atoms with Crippen LogP contribution in [0, 0.1) is 12.7 Å². The van der Waals surface area contributed by atoms with Gasteiger partial charge in [-0.1, -0.05) is 11.8 Å². The van der Waals surface area contributed by atoms with Crippen LogP contribution in [0.25, 0.3) is 27.8 Å². The quantitative estimate of drug-likeness (QED) is 0.325. The maximum absolute atomic E-state index is 13.6. The lowest BCUT2D eigenvalue weighted by Gasteiger charge is -2.14. The number of rotatable bonds is 3. The number of benzene rings is 1. The second-order valence-corrected chi connectivity index (χ2v) is 8.56. The molecule has 0 fully saturated rings. The van der Waals surface area contributed by atoms with Gasteiger partial charge < -0.3 is 4.57 Å². The summed E-state index contributed by atoms with van der Waals surface area (Å²) in [5.74, 6) is -0.387. The molecule has 4 aromatic heterocycles. The first kappa shape index (κ1) is 22.1. The number of pyridine rings is 3. The molecule has 172 valence electrons. The molecule has 0 radical (unpaired) electrons. The van der Waals surface area contributed by atoms with Crippen molar-refractivity contribution in [3.05, 3.63) is 82.3 Å². The van der Waals surface area contributed by atoms with Crippen LogP contribution < -0.4 is 5.56 Å². The summed E-state index contributed by atoms with van der Waals surface area (Å²) in [7, 11) is 1.66. The number of aromatic nitrogens is 5. The molecule has 5 aromatic rings. The Hall–Kier alpha value is -3.73. The molecule has 0 bridgehead atoms. The van der Waals surface area contributed by atoms with Gasteiger partial charge in [0, 0.05) is 23.5 Å². The topological polar surface area (TPSA) is 65.6 Å². The van der Waals surface area contributed by atoms with E-state index in [9.17, 15) is 22.4 Å². The zero-order valence-electron chi connectivity index (χ0n) is 17.8. The number of hydrogen-bond donors (Lipinski definition) is 0. The fraction of sp³-hybridized carbons (Fsp3) is 0.130. The molecule has 0 saturated carbocycles. The molecule has 1 aromatic carbocycles. The molecule has 0 unspecified atom stereocenters. The third-order valence-corrected chi connectivity index (χ3v) is 6.39. The van der Waals surface area contributed by atoms with Gasteiger partial charge in [-0.25, -0.2) is 14.4 Å². The first-order valence-corrected chi connectivity index (χ1v) is 10.8. The van der Waals surface area contributed by atoms with E-state index in [-0.39, 0.29) is 17.0 Å². The molecule has 0 saturated heterocycles. The molecule has 11 heteroatoms. The lowest BCUT2D eigenvalue weighted by Crippen LogP contribution is -2.22. The molecule has 0 N–H and O–H groups in total. The molecule has 0 spiro atoms. The highest BCUT2D eigenvalue weighted by molar-refractivity contribution is 7.99. The minimum atomic E-state index is -4.69. The standard InChI is InChI=1S/C23H15F4N5OS/c1-12-16(4-3-11-28-12)32-20-15(9-10-17(29-20)23(25,26)27)19-18(21(32)33)30-22(31(19)2)34-14-7-5-13(24)6-8-14/h3-11H,1-2H3. The summed E-state index contributed by atoms with van der Waals surface area (Å²) in [6.07, 6.45) is -3.17. The van der Waals surface area contributed by atoms with Crippen molar-refractivity contribution in [3.63, 3.8) is 0 Å². The van der Waals surface area contributed by atoms with Gasteiger partial charge in [-0.05, 0) is 55.5 Å². The smallest absolute Gasteiger partial charge is 0.321 e. The van der Waals surface area contributed by atoms with Crippen molar-refractivity contribution in [1.29, 1.82) is 0 Å². The fourth-order valence-electron chi connectivity index (χ4n) is 3.73. The third kappa shape index (κ3) is 3.61. The van der Waals surface area contributed by atoms with Crippen molar-refractivity contribution in [2.75, 3.05) is 0 Å². The molecule has 0 atom stereocenters. The van der Waals surface area contributed by atoms with E-state index < -0.39 is 17.4 Å². The average Bonchev–Trinajstić information content (AvgIpc) is 3.12. The Labute approximate surface area is 193 Å². The van der Waals surface area contributed by atoms with Crippen LogP contribution in [0.1, 0.15) is 11.4 Å². The summed E-state index contributed by atoms with van der Waals surface area (Å²) in [5, 5.41) is 0.743. The Balaban J connectivity index is 1.85. The van der Waals surface area contributed by atoms with E-state index in [0.717, 1.165) is 10.6 Å². The summed E-state index contributed by atoms with van der Waals surface area (Å²) in [6, 6.07) is 11.1. The highest BCUT2D eigenvalue weighted by Gasteiger charge is 2.33. The highest BCUT2D eigenvalue weighted by Crippen LogP contribution is 2.34. The van der Waals surface area contributed by atoms with E-state index in [1.165, 1.54) is 36.2 Å². The molecule has 0 aliphatic carbocycles. The summed E-state index contributed by atoms with van der Waals surface area (Å²) in [5.41, 5.74) is -0.701. The Morgan fingerprint density at radius 1 is 1.00 bits per heavy atom. The van der Waals surface area contributed by atoms with Crippen molar-refractivity contribution < 1.29 is 17.6 Å². The third-order valence-electron chi connectivity index (χ3n) is 5.33. The normalized spacial score (nSPS) is 12.1. The van der Waals surface area contributed by atoms with E-state index in [2.05, 4.69) is 15.0 Å². The Bertz CT molecular complexity index is 1620. The van der Waals surface area contributed by atoms with Crippen molar-refractivity contribution in [1.82, 2.24) is 24.1 Å². The molecule has 6 nitrogen and oxygen atoms in total. The van der Waals surface area contributed by atoms with Crippen LogP contribution in [-0.4, -0.2) is 24.1 Å². The van der Waals surface area contributed by atoms with Crippen molar-refractivity contribution in [2.24, 2.45) is 7.05 Å². The summed E-state index contributed by atoms with van der Waals surface area (Å²) < 4.78 is 56.5. The van der Waals surface area contributed by atoms with Crippen LogP contribution in [0.2, 0.25) is 0 Å². The number of imidazole rings is 1. The maximum atomic E-state index is 13.6. The number of hydrogen-bond acceptors (Lipinski definition) is 5. The first-order chi connectivity index (χ1) is 16.1. The average molecular weight is 485 g/mol. The minimum absolute atomic E-state index is 0.0735. The second-order valence-electron chi connectivity index (χ2n) is 7.52. The Morgan fingerprint density at radius 2 is 1.74 bits per heavy atom. The number of alkyl halides is 3. The lowest BCUT2D eigenvalue weighted by atomic mass is 10.2. The van der Waals surface area contributed by atoms with Crippen LogP contribution in [-0.2, 0) is 13.2 Å². The largest absolute Gasteiger partial charge is 0.433 e. The number of fused-ring (bicyclic) bond motifs is 3. The van der Waals surface area contributed by atoms with Crippen LogP contribution in [0.3, 0.4) is 0 Å². The zero-order valence-corrected chi connectivity index (χ0v) is 18.6. The minimum Gasteiger partial charge on any atom is -0.321 e. The molecule has 34 heavy (non-hydrogen) atoms. The van der Waals surface area contributed by atoms with Crippen LogP contribution in [0.15, 0.2) is 69.6 Å². The van der Waals surface area contributed by atoms with Crippen LogP contribution >= 0.6 is 11.8 Å². The molecule has 0 amide bonds. The SMILES string of the molecule is Cc1ncccc1-n1c(=O)c2nc(Sc3ccc(F)cc3)n(C)c2c2ccc(C(F)(F)F)nc21. The molecular weight excluding hydrogens is 470 g/mol.